The highest BCUT2D eigenvalue weighted by Gasteiger charge is 1.92. The maximum absolute atomic E-state index is 8.54. The van der Waals surface area contributed by atoms with Crippen molar-refractivity contribution in [3.8, 4) is 0 Å². The summed E-state index contributed by atoms with van der Waals surface area (Å²) in [6.07, 6.45) is 0. The van der Waals surface area contributed by atoms with E-state index < -0.39 is 0 Å². The van der Waals surface area contributed by atoms with Crippen molar-refractivity contribution >= 4 is 15.9 Å². The van der Waals surface area contributed by atoms with Crippen molar-refractivity contribution < 1.29 is 5.11 Å². The van der Waals surface area contributed by atoms with Gasteiger partial charge in [-0.3, -0.25) is 0 Å². The van der Waals surface area contributed by atoms with Gasteiger partial charge < -0.3 is 15.7 Å². The van der Waals surface area contributed by atoms with E-state index in [4.69, 9.17) is 5.11 Å². The van der Waals surface area contributed by atoms with Crippen LogP contribution in [0.2, 0.25) is 0 Å². The summed E-state index contributed by atoms with van der Waals surface area (Å²) in [4.78, 5) is 0. The maximum atomic E-state index is 8.54. The Balaban J connectivity index is 2.07. The topological polar surface area (TPSA) is 44.3 Å². The summed E-state index contributed by atoms with van der Waals surface area (Å²) in [5.41, 5.74) is 1.28. The van der Waals surface area contributed by atoms with Crippen molar-refractivity contribution in [3.63, 3.8) is 0 Å². The lowest BCUT2D eigenvalue weighted by molar-refractivity contribution is 0.292. The molecule has 0 heterocycles. The Morgan fingerprint density at radius 2 is 1.67 bits per heavy atom. The van der Waals surface area contributed by atoms with Crippen molar-refractivity contribution in [2.24, 2.45) is 0 Å². The van der Waals surface area contributed by atoms with Crippen LogP contribution < -0.4 is 10.6 Å². The Hall–Kier alpha value is -0.420. The molecule has 84 valence electrons. The smallest absolute Gasteiger partial charge is 0.0555 e. The monoisotopic (exact) mass is 272 g/mol. The second-order valence-corrected chi connectivity index (χ2v) is 4.19. The Kier molecular flexibility index (Phi) is 6.59. The summed E-state index contributed by atoms with van der Waals surface area (Å²) in [6, 6.07) is 8.28. The lowest BCUT2D eigenvalue weighted by Crippen LogP contribution is -2.28. The van der Waals surface area contributed by atoms with E-state index in [1.54, 1.807) is 0 Å². The van der Waals surface area contributed by atoms with Crippen LogP contribution in [0, 0.1) is 0 Å². The van der Waals surface area contributed by atoms with Gasteiger partial charge in [0.15, 0.2) is 0 Å². The van der Waals surface area contributed by atoms with Crippen LogP contribution in [0.15, 0.2) is 28.7 Å². The summed E-state index contributed by atoms with van der Waals surface area (Å²) in [5.74, 6) is 0. The molecule has 0 aliphatic carbocycles. The highest BCUT2D eigenvalue weighted by atomic mass is 79.9. The molecule has 0 atom stereocenters. The molecule has 3 nitrogen and oxygen atoms in total. The SMILES string of the molecule is OCCNCCNCc1ccc(Br)cc1. The third kappa shape index (κ3) is 5.89. The molecule has 1 rings (SSSR count). The number of aliphatic hydroxyl groups excluding tert-OH is 1. The van der Waals surface area contributed by atoms with Crippen molar-refractivity contribution in [3.05, 3.63) is 34.3 Å². The quantitative estimate of drug-likeness (QED) is 0.652. The molecular weight excluding hydrogens is 256 g/mol. The molecule has 0 radical (unpaired) electrons. The highest BCUT2D eigenvalue weighted by molar-refractivity contribution is 9.10. The molecule has 0 aromatic heterocycles. The number of aliphatic hydroxyl groups is 1. The summed E-state index contributed by atoms with van der Waals surface area (Å²) >= 11 is 3.40. The third-order valence-corrected chi connectivity index (χ3v) is 2.54. The van der Waals surface area contributed by atoms with Crippen molar-refractivity contribution in [2.45, 2.75) is 6.54 Å². The zero-order valence-corrected chi connectivity index (χ0v) is 10.3. The lowest BCUT2D eigenvalue weighted by atomic mass is 10.2. The molecule has 0 unspecified atom stereocenters. The fourth-order valence-corrected chi connectivity index (χ4v) is 1.48. The molecule has 4 heteroatoms. The van der Waals surface area contributed by atoms with Crippen LogP contribution >= 0.6 is 15.9 Å². The zero-order chi connectivity index (χ0) is 10.9. The number of hydrogen-bond acceptors (Lipinski definition) is 3. The number of benzene rings is 1. The fourth-order valence-electron chi connectivity index (χ4n) is 1.22. The van der Waals surface area contributed by atoms with E-state index >= 15 is 0 Å². The van der Waals surface area contributed by atoms with Crippen LogP contribution in [0.25, 0.3) is 0 Å². The summed E-state index contributed by atoms with van der Waals surface area (Å²) in [7, 11) is 0. The van der Waals surface area contributed by atoms with Gasteiger partial charge in [0.2, 0.25) is 0 Å². The van der Waals surface area contributed by atoms with E-state index in [9.17, 15) is 0 Å². The molecule has 0 saturated heterocycles. The Morgan fingerprint density at radius 1 is 1.00 bits per heavy atom. The molecule has 3 N–H and O–H groups in total. The molecular formula is C11H17BrN2O. The fraction of sp³-hybridized carbons (Fsp3) is 0.455. The van der Waals surface area contributed by atoms with Crippen LogP contribution in [0.3, 0.4) is 0 Å². The van der Waals surface area contributed by atoms with Gasteiger partial charge in [0.25, 0.3) is 0 Å². The highest BCUT2D eigenvalue weighted by Crippen LogP contribution is 2.09. The molecule has 1 aromatic rings. The second-order valence-electron chi connectivity index (χ2n) is 3.28. The van der Waals surface area contributed by atoms with E-state index in [-0.39, 0.29) is 6.61 Å². The van der Waals surface area contributed by atoms with Crippen molar-refractivity contribution in [2.75, 3.05) is 26.2 Å². The molecule has 1 aromatic carbocycles. The molecule has 0 aliphatic heterocycles. The minimum Gasteiger partial charge on any atom is -0.395 e. The largest absolute Gasteiger partial charge is 0.395 e. The van der Waals surface area contributed by atoms with Gasteiger partial charge in [-0.15, -0.1) is 0 Å². The van der Waals surface area contributed by atoms with Gasteiger partial charge in [-0.25, -0.2) is 0 Å². The van der Waals surface area contributed by atoms with Gasteiger partial charge in [-0.05, 0) is 17.7 Å². The van der Waals surface area contributed by atoms with Crippen molar-refractivity contribution in [1.29, 1.82) is 0 Å². The third-order valence-electron chi connectivity index (χ3n) is 2.01. The molecule has 0 amide bonds. The first kappa shape index (κ1) is 12.6. The predicted molar refractivity (Wildman–Crippen MR) is 65.8 cm³/mol. The molecule has 15 heavy (non-hydrogen) atoms. The Bertz CT molecular complexity index is 264. The standard InChI is InChI=1S/C11H17BrN2O/c12-11-3-1-10(2-4-11)9-14-6-5-13-7-8-15/h1-4,13-15H,5-9H2. The van der Waals surface area contributed by atoms with Crippen LogP contribution in [-0.2, 0) is 6.54 Å². The molecule has 0 fully saturated rings. The van der Waals surface area contributed by atoms with E-state index in [1.807, 2.05) is 12.1 Å². The lowest BCUT2D eigenvalue weighted by Gasteiger charge is -2.05. The van der Waals surface area contributed by atoms with Gasteiger partial charge in [-0.1, -0.05) is 28.1 Å². The van der Waals surface area contributed by atoms with Crippen LogP contribution in [0.4, 0.5) is 0 Å². The average Bonchev–Trinajstić information content (AvgIpc) is 2.26. The van der Waals surface area contributed by atoms with Crippen LogP contribution in [0.1, 0.15) is 5.56 Å². The van der Waals surface area contributed by atoms with E-state index in [2.05, 4.69) is 38.7 Å². The molecule has 0 bridgehead atoms. The van der Waals surface area contributed by atoms with E-state index in [1.165, 1.54) is 5.56 Å². The predicted octanol–water partition coefficient (Wildman–Crippen LogP) is 1.12. The summed E-state index contributed by atoms with van der Waals surface area (Å²) in [6.45, 7) is 3.55. The minimum absolute atomic E-state index is 0.201. The number of nitrogens with one attached hydrogen (secondary N) is 2. The van der Waals surface area contributed by atoms with E-state index in [0.29, 0.717) is 6.54 Å². The van der Waals surface area contributed by atoms with Gasteiger partial charge in [0, 0.05) is 30.7 Å². The van der Waals surface area contributed by atoms with Gasteiger partial charge in [0.1, 0.15) is 0 Å². The average molecular weight is 273 g/mol. The van der Waals surface area contributed by atoms with Crippen LogP contribution in [-0.4, -0.2) is 31.3 Å². The summed E-state index contributed by atoms with van der Waals surface area (Å²) < 4.78 is 1.11. The summed E-state index contributed by atoms with van der Waals surface area (Å²) in [5, 5.41) is 15.0. The number of halogens is 1. The van der Waals surface area contributed by atoms with Gasteiger partial charge in [0.05, 0.1) is 6.61 Å². The number of rotatable bonds is 7. The first-order valence-corrected chi connectivity index (χ1v) is 5.89. The molecule has 0 saturated carbocycles. The zero-order valence-electron chi connectivity index (χ0n) is 8.67. The molecule has 0 spiro atoms. The first-order valence-electron chi connectivity index (χ1n) is 5.09. The molecule has 0 aliphatic rings. The maximum Gasteiger partial charge on any atom is 0.0555 e. The normalized spacial score (nSPS) is 10.5. The second kappa shape index (κ2) is 7.82. The Morgan fingerprint density at radius 3 is 2.33 bits per heavy atom. The van der Waals surface area contributed by atoms with Crippen LogP contribution in [0.5, 0.6) is 0 Å². The minimum atomic E-state index is 0.201. The Labute approximate surface area is 99.0 Å². The first-order chi connectivity index (χ1) is 7.33. The van der Waals surface area contributed by atoms with Gasteiger partial charge in [-0.2, -0.15) is 0 Å². The van der Waals surface area contributed by atoms with Gasteiger partial charge >= 0.3 is 0 Å². The number of hydrogen-bond donors (Lipinski definition) is 3. The van der Waals surface area contributed by atoms with E-state index in [0.717, 1.165) is 24.1 Å². The van der Waals surface area contributed by atoms with Crippen molar-refractivity contribution in [1.82, 2.24) is 10.6 Å².